The van der Waals surface area contributed by atoms with Crippen molar-refractivity contribution in [2.45, 2.75) is 13.8 Å². The number of esters is 1. The SMILES string of the molecule is CCOC(=O)CN(CC)c1ccc(Br)cc1C#N. The van der Waals surface area contributed by atoms with E-state index in [0.29, 0.717) is 18.7 Å². The van der Waals surface area contributed by atoms with Gasteiger partial charge >= 0.3 is 5.97 Å². The number of hydrogen-bond donors (Lipinski definition) is 0. The second-order valence-electron chi connectivity index (χ2n) is 3.59. The first-order chi connectivity index (χ1) is 8.62. The topological polar surface area (TPSA) is 53.3 Å². The Morgan fingerprint density at radius 3 is 2.78 bits per heavy atom. The lowest BCUT2D eigenvalue weighted by molar-refractivity contribution is -0.141. The highest BCUT2D eigenvalue weighted by Gasteiger charge is 2.14. The Morgan fingerprint density at radius 2 is 2.22 bits per heavy atom. The van der Waals surface area contributed by atoms with Gasteiger partial charge in [-0.1, -0.05) is 15.9 Å². The van der Waals surface area contributed by atoms with Crippen molar-refractivity contribution >= 4 is 27.6 Å². The zero-order valence-electron chi connectivity index (χ0n) is 10.4. The van der Waals surface area contributed by atoms with Crippen LogP contribution in [-0.4, -0.2) is 25.7 Å². The van der Waals surface area contributed by atoms with Gasteiger partial charge in [0.1, 0.15) is 12.6 Å². The Labute approximate surface area is 115 Å². The lowest BCUT2D eigenvalue weighted by Gasteiger charge is -2.23. The Kier molecular flexibility index (Phi) is 5.66. The van der Waals surface area contributed by atoms with Crippen LogP contribution in [0.4, 0.5) is 5.69 Å². The van der Waals surface area contributed by atoms with Gasteiger partial charge in [0.25, 0.3) is 0 Å². The molecule has 0 heterocycles. The summed E-state index contributed by atoms with van der Waals surface area (Å²) in [5, 5.41) is 9.11. The van der Waals surface area contributed by atoms with Crippen molar-refractivity contribution in [1.82, 2.24) is 0 Å². The normalized spacial score (nSPS) is 9.67. The predicted molar refractivity (Wildman–Crippen MR) is 73.4 cm³/mol. The number of hydrogen-bond acceptors (Lipinski definition) is 4. The molecule has 96 valence electrons. The second kappa shape index (κ2) is 7.02. The number of rotatable bonds is 5. The van der Waals surface area contributed by atoms with E-state index >= 15 is 0 Å². The van der Waals surface area contributed by atoms with Crippen molar-refractivity contribution in [3.8, 4) is 6.07 Å². The van der Waals surface area contributed by atoms with Gasteiger partial charge in [-0.3, -0.25) is 4.79 Å². The van der Waals surface area contributed by atoms with Gasteiger partial charge < -0.3 is 9.64 Å². The average molecular weight is 311 g/mol. The molecule has 0 aliphatic carbocycles. The molecule has 0 bridgehead atoms. The fourth-order valence-electron chi connectivity index (χ4n) is 1.60. The minimum absolute atomic E-state index is 0.153. The maximum Gasteiger partial charge on any atom is 0.325 e. The third-order valence-corrected chi connectivity index (χ3v) is 2.92. The molecule has 0 aliphatic heterocycles. The van der Waals surface area contributed by atoms with Crippen molar-refractivity contribution in [3.05, 3.63) is 28.2 Å². The van der Waals surface area contributed by atoms with Crippen LogP contribution in [0.2, 0.25) is 0 Å². The number of ether oxygens (including phenoxy) is 1. The lowest BCUT2D eigenvalue weighted by Crippen LogP contribution is -2.31. The molecule has 18 heavy (non-hydrogen) atoms. The molecule has 0 radical (unpaired) electrons. The largest absolute Gasteiger partial charge is 0.465 e. The Hall–Kier alpha value is -1.54. The number of nitriles is 1. The van der Waals surface area contributed by atoms with Gasteiger partial charge in [0.05, 0.1) is 17.9 Å². The van der Waals surface area contributed by atoms with Crippen molar-refractivity contribution in [2.24, 2.45) is 0 Å². The van der Waals surface area contributed by atoms with Gasteiger partial charge in [-0.15, -0.1) is 0 Å². The molecule has 0 fully saturated rings. The zero-order chi connectivity index (χ0) is 13.5. The van der Waals surface area contributed by atoms with Crippen molar-refractivity contribution in [3.63, 3.8) is 0 Å². The number of benzene rings is 1. The van der Waals surface area contributed by atoms with Gasteiger partial charge in [-0.05, 0) is 32.0 Å². The smallest absolute Gasteiger partial charge is 0.325 e. The average Bonchev–Trinajstić information content (AvgIpc) is 2.36. The number of likely N-dealkylation sites (N-methyl/N-ethyl adjacent to an activating group) is 1. The molecule has 0 saturated carbocycles. The summed E-state index contributed by atoms with van der Waals surface area (Å²) in [5.74, 6) is -0.286. The van der Waals surface area contributed by atoms with E-state index in [1.54, 1.807) is 13.0 Å². The number of carbonyl (C=O) groups excluding carboxylic acids is 1. The molecule has 0 aliphatic rings. The number of halogens is 1. The fourth-order valence-corrected chi connectivity index (χ4v) is 1.96. The fraction of sp³-hybridized carbons (Fsp3) is 0.385. The molecule has 0 aromatic heterocycles. The van der Waals surface area contributed by atoms with E-state index in [0.717, 1.165) is 10.2 Å². The van der Waals surface area contributed by atoms with E-state index in [-0.39, 0.29) is 12.5 Å². The molecular formula is C13H15BrN2O2. The summed E-state index contributed by atoms with van der Waals surface area (Å²) in [4.78, 5) is 13.3. The molecule has 1 aromatic rings. The van der Waals surface area contributed by atoms with Gasteiger partial charge in [0.2, 0.25) is 0 Å². The second-order valence-corrected chi connectivity index (χ2v) is 4.51. The Bertz CT molecular complexity index is 469. The Morgan fingerprint density at radius 1 is 1.50 bits per heavy atom. The van der Waals surface area contributed by atoms with Crippen LogP contribution in [0, 0.1) is 11.3 Å². The predicted octanol–water partition coefficient (Wildman–Crippen LogP) is 2.71. The lowest BCUT2D eigenvalue weighted by atomic mass is 10.1. The molecule has 0 N–H and O–H groups in total. The summed E-state index contributed by atoms with van der Waals surface area (Å²) in [7, 11) is 0. The third kappa shape index (κ3) is 3.74. The highest BCUT2D eigenvalue weighted by atomic mass is 79.9. The van der Waals surface area contributed by atoms with E-state index < -0.39 is 0 Å². The summed E-state index contributed by atoms with van der Waals surface area (Å²) < 4.78 is 5.76. The monoisotopic (exact) mass is 310 g/mol. The number of carbonyl (C=O) groups is 1. The first-order valence-electron chi connectivity index (χ1n) is 5.72. The minimum Gasteiger partial charge on any atom is -0.465 e. The molecule has 0 atom stereocenters. The molecular weight excluding hydrogens is 296 g/mol. The van der Waals surface area contributed by atoms with Crippen LogP contribution >= 0.6 is 15.9 Å². The number of anilines is 1. The molecule has 5 heteroatoms. The van der Waals surface area contributed by atoms with Crippen LogP contribution < -0.4 is 4.90 Å². The quantitative estimate of drug-likeness (QED) is 0.785. The van der Waals surface area contributed by atoms with Crippen LogP contribution in [0.5, 0.6) is 0 Å². The van der Waals surface area contributed by atoms with Gasteiger partial charge in [0, 0.05) is 11.0 Å². The van der Waals surface area contributed by atoms with E-state index in [4.69, 9.17) is 10.00 Å². The summed E-state index contributed by atoms with van der Waals surface area (Å²) in [5.41, 5.74) is 1.28. The molecule has 0 amide bonds. The molecule has 0 saturated heterocycles. The molecule has 0 unspecified atom stereocenters. The highest BCUT2D eigenvalue weighted by Crippen LogP contribution is 2.23. The van der Waals surface area contributed by atoms with Crippen LogP contribution in [0.15, 0.2) is 22.7 Å². The van der Waals surface area contributed by atoms with Gasteiger partial charge in [-0.25, -0.2) is 0 Å². The summed E-state index contributed by atoms with van der Waals surface area (Å²) in [6.07, 6.45) is 0. The van der Waals surface area contributed by atoms with Crippen molar-refractivity contribution in [1.29, 1.82) is 5.26 Å². The Balaban J connectivity index is 2.95. The zero-order valence-corrected chi connectivity index (χ0v) is 12.0. The standard InChI is InChI=1S/C13H15BrN2O2/c1-3-16(9-13(17)18-4-2)12-6-5-11(14)7-10(12)8-15/h5-7H,3-4,9H2,1-2H3. The van der Waals surface area contributed by atoms with Crippen LogP contribution in [0.3, 0.4) is 0 Å². The maximum absolute atomic E-state index is 11.5. The van der Waals surface area contributed by atoms with Crippen LogP contribution in [0.25, 0.3) is 0 Å². The van der Waals surface area contributed by atoms with E-state index in [1.165, 1.54) is 0 Å². The first kappa shape index (κ1) is 14.5. The maximum atomic E-state index is 11.5. The van der Waals surface area contributed by atoms with Gasteiger partial charge in [-0.2, -0.15) is 5.26 Å². The summed E-state index contributed by atoms with van der Waals surface area (Å²) in [6, 6.07) is 7.55. The molecule has 4 nitrogen and oxygen atoms in total. The van der Waals surface area contributed by atoms with Crippen molar-refractivity contribution < 1.29 is 9.53 Å². The highest BCUT2D eigenvalue weighted by molar-refractivity contribution is 9.10. The van der Waals surface area contributed by atoms with Crippen LogP contribution in [-0.2, 0) is 9.53 Å². The molecule has 1 rings (SSSR count). The van der Waals surface area contributed by atoms with E-state index in [9.17, 15) is 4.79 Å². The van der Waals surface area contributed by atoms with Crippen LogP contribution in [0.1, 0.15) is 19.4 Å². The summed E-state index contributed by atoms with van der Waals surface area (Å²) in [6.45, 7) is 4.86. The van der Waals surface area contributed by atoms with Crippen molar-refractivity contribution in [2.75, 3.05) is 24.6 Å². The molecule has 0 spiro atoms. The summed E-state index contributed by atoms with van der Waals surface area (Å²) >= 11 is 3.32. The van der Waals surface area contributed by atoms with E-state index in [2.05, 4.69) is 22.0 Å². The molecule has 1 aromatic carbocycles. The van der Waals surface area contributed by atoms with E-state index in [1.807, 2.05) is 24.0 Å². The third-order valence-electron chi connectivity index (χ3n) is 2.43. The van der Waals surface area contributed by atoms with Gasteiger partial charge in [0.15, 0.2) is 0 Å². The number of nitrogens with zero attached hydrogens (tertiary/aromatic N) is 2. The minimum atomic E-state index is -0.286. The first-order valence-corrected chi connectivity index (χ1v) is 6.51.